The summed E-state index contributed by atoms with van der Waals surface area (Å²) in [5.41, 5.74) is 0.970. The average molecular weight is 323 g/mol. The van der Waals surface area contributed by atoms with Gasteiger partial charge in [0.05, 0.1) is 6.61 Å². The number of hydrogen-bond donors (Lipinski definition) is 0. The van der Waals surface area contributed by atoms with Gasteiger partial charge in [-0.1, -0.05) is 78.4 Å². The number of esters is 1. The van der Waals surface area contributed by atoms with E-state index in [0.29, 0.717) is 12.5 Å². The maximum Gasteiger partial charge on any atom is 0.331 e. The third-order valence-electron chi connectivity index (χ3n) is 3.99. The molecule has 0 saturated heterocycles. The van der Waals surface area contributed by atoms with E-state index in [-0.39, 0.29) is 5.97 Å². The van der Waals surface area contributed by atoms with E-state index in [4.69, 9.17) is 4.74 Å². The molecule has 0 rings (SSSR count). The summed E-state index contributed by atoms with van der Waals surface area (Å²) >= 11 is 0. The lowest BCUT2D eigenvalue weighted by Crippen LogP contribution is -2.03. The van der Waals surface area contributed by atoms with Crippen molar-refractivity contribution in [1.82, 2.24) is 0 Å². The van der Waals surface area contributed by atoms with Gasteiger partial charge in [0.1, 0.15) is 0 Å². The fourth-order valence-electron chi connectivity index (χ4n) is 2.46. The first-order chi connectivity index (χ1) is 11.0. The van der Waals surface area contributed by atoms with Crippen molar-refractivity contribution in [1.29, 1.82) is 0 Å². The van der Waals surface area contributed by atoms with Gasteiger partial charge in [-0.25, -0.2) is 4.79 Å². The number of unbranched alkanes of at least 4 members (excludes halogenated alkanes) is 3. The van der Waals surface area contributed by atoms with Crippen LogP contribution >= 0.6 is 0 Å². The molecule has 0 aromatic heterocycles. The molecule has 0 saturated carbocycles. The summed E-state index contributed by atoms with van der Waals surface area (Å²) in [5, 5.41) is 0. The van der Waals surface area contributed by atoms with Crippen molar-refractivity contribution >= 4 is 5.97 Å². The molecule has 0 spiro atoms. The SMILES string of the molecule is CCCCCCOC(=O)C=C(C)C=CCC(C)CCCC(C)C. The maximum absolute atomic E-state index is 11.7. The van der Waals surface area contributed by atoms with E-state index >= 15 is 0 Å². The highest BCUT2D eigenvalue weighted by Gasteiger charge is 2.02. The van der Waals surface area contributed by atoms with Crippen molar-refractivity contribution in [2.24, 2.45) is 11.8 Å². The summed E-state index contributed by atoms with van der Waals surface area (Å²) in [6.45, 7) is 11.5. The van der Waals surface area contributed by atoms with Crippen molar-refractivity contribution in [3.8, 4) is 0 Å². The van der Waals surface area contributed by atoms with Gasteiger partial charge >= 0.3 is 5.97 Å². The van der Waals surface area contributed by atoms with Gasteiger partial charge in [0.25, 0.3) is 0 Å². The Bertz CT molecular complexity index is 353. The third kappa shape index (κ3) is 15.6. The van der Waals surface area contributed by atoms with Gasteiger partial charge in [0.2, 0.25) is 0 Å². The quantitative estimate of drug-likeness (QED) is 0.168. The molecule has 1 unspecified atom stereocenters. The van der Waals surface area contributed by atoms with Crippen molar-refractivity contribution in [3.05, 3.63) is 23.8 Å². The fourth-order valence-corrected chi connectivity index (χ4v) is 2.46. The number of carbonyl (C=O) groups is 1. The highest BCUT2D eigenvalue weighted by molar-refractivity contribution is 5.83. The molecule has 0 radical (unpaired) electrons. The Morgan fingerprint density at radius 1 is 1.04 bits per heavy atom. The predicted molar refractivity (Wildman–Crippen MR) is 100 cm³/mol. The van der Waals surface area contributed by atoms with E-state index in [1.165, 1.54) is 32.1 Å². The molecular formula is C21H38O2. The Balaban J connectivity index is 3.87. The molecule has 0 aromatic rings. The molecule has 23 heavy (non-hydrogen) atoms. The standard InChI is InChI=1S/C21H38O2/c1-6-7-8-9-16-23-21(22)17-20(5)15-11-14-19(4)13-10-12-18(2)3/h11,15,17-19H,6-10,12-14,16H2,1-5H3. The minimum atomic E-state index is -0.214. The van der Waals surface area contributed by atoms with E-state index < -0.39 is 0 Å². The molecule has 1 atom stereocenters. The molecular weight excluding hydrogens is 284 g/mol. The van der Waals surface area contributed by atoms with Gasteiger partial charge in [-0.05, 0) is 37.2 Å². The zero-order valence-electron chi connectivity index (χ0n) is 16.1. The van der Waals surface area contributed by atoms with Crippen LogP contribution in [0, 0.1) is 11.8 Å². The van der Waals surface area contributed by atoms with Crippen LogP contribution in [0.15, 0.2) is 23.8 Å². The average Bonchev–Trinajstić information content (AvgIpc) is 2.46. The lowest BCUT2D eigenvalue weighted by atomic mass is 9.97. The summed E-state index contributed by atoms with van der Waals surface area (Å²) < 4.78 is 5.21. The molecule has 0 amide bonds. The van der Waals surface area contributed by atoms with Crippen LogP contribution in [0.1, 0.15) is 86.0 Å². The molecule has 0 aliphatic heterocycles. The molecule has 0 aromatic carbocycles. The van der Waals surface area contributed by atoms with Crippen molar-refractivity contribution in [2.75, 3.05) is 6.61 Å². The Hall–Kier alpha value is -1.05. The summed E-state index contributed by atoms with van der Waals surface area (Å²) in [6.07, 6.45) is 15.3. The normalized spacial score (nSPS) is 13.7. The minimum absolute atomic E-state index is 0.214. The summed E-state index contributed by atoms with van der Waals surface area (Å²) in [5.74, 6) is 1.30. The van der Waals surface area contributed by atoms with Gasteiger partial charge in [0.15, 0.2) is 0 Å². The van der Waals surface area contributed by atoms with Crippen molar-refractivity contribution in [3.63, 3.8) is 0 Å². The van der Waals surface area contributed by atoms with Gasteiger partial charge in [-0.2, -0.15) is 0 Å². The highest BCUT2D eigenvalue weighted by Crippen LogP contribution is 2.16. The van der Waals surface area contributed by atoms with E-state index in [2.05, 4.69) is 33.8 Å². The molecule has 0 aliphatic rings. The molecule has 0 bridgehead atoms. The largest absolute Gasteiger partial charge is 0.463 e. The van der Waals surface area contributed by atoms with Crippen LogP contribution in [0.25, 0.3) is 0 Å². The zero-order valence-corrected chi connectivity index (χ0v) is 16.1. The van der Waals surface area contributed by atoms with E-state index in [1.54, 1.807) is 6.08 Å². The van der Waals surface area contributed by atoms with Crippen LogP contribution in [-0.4, -0.2) is 12.6 Å². The molecule has 134 valence electrons. The second-order valence-corrected chi connectivity index (χ2v) is 7.18. The monoisotopic (exact) mass is 322 g/mol. The second kappa shape index (κ2) is 14.5. The van der Waals surface area contributed by atoms with Gasteiger partial charge < -0.3 is 4.74 Å². The van der Waals surface area contributed by atoms with E-state index in [1.807, 2.05) is 13.0 Å². The maximum atomic E-state index is 11.7. The first-order valence-corrected chi connectivity index (χ1v) is 9.47. The molecule has 0 heterocycles. The van der Waals surface area contributed by atoms with Crippen molar-refractivity contribution in [2.45, 2.75) is 86.0 Å². The smallest absolute Gasteiger partial charge is 0.331 e. The first kappa shape index (κ1) is 21.9. The minimum Gasteiger partial charge on any atom is -0.463 e. The van der Waals surface area contributed by atoms with Crippen LogP contribution in [0.3, 0.4) is 0 Å². The Morgan fingerprint density at radius 3 is 2.43 bits per heavy atom. The molecule has 2 nitrogen and oxygen atoms in total. The topological polar surface area (TPSA) is 26.3 Å². The summed E-state index contributed by atoms with van der Waals surface area (Å²) in [6, 6.07) is 0. The number of hydrogen-bond acceptors (Lipinski definition) is 2. The Labute approximate surface area is 144 Å². The van der Waals surface area contributed by atoms with E-state index in [9.17, 15) is 4.79 Å². The van der Waals surface area contributed by atoms with E-state index in [0.717, 1.165) is 30.8 Å². The number of ether oxygens (including phenoxy) is 1. The number of allylic oxidation sites excluding steroid dienone is 3. The van der Waals surface area contributed by atoms with Gasteiger partial charge in [0, 0.05) is 6.08 Å². The van der Waals surface area contributed by atoms with Crippen LogP contribution in [0.2, 0.25) is 0 Å². The second-order valence-electron chi connectivity index (χ2n) is 7.18. The lowest BCUT2D eigenvalue weighted by molar-refractivity contribution is -0.137. The van der Waals surface area contributed by atoms with Crippen LogP contribution in [0.5, 0.6) is 0 Å². The Morgan fingerprint density at radius 2 is 1.78 bits per heavy atom. The molecule has 0 N–H and O–H groups in total. The zero-order chi connectivity index (χ0) is 17.5. The first-order valence-electron chi connectivity index (χ1n) is 9.47. The third-order valence-corrected chi connectivity index (χ3v) is 3.99. The van der Waals surface area contributed by atoms with Crippen LogP contribution in [-0.2, 0) is 9.53 Å². The number of rotatable bonds is 13. The highest BCUT2D eigenvalue weighted by atomic mass is 16.5. The van der Waals surface area contributed by atoms with Crippen LogP contribution in [0.4, 0.5) is 0 Å². The van der Waals surface area contributed by atoms with Crippen LogP contribution < -0.4 is 0 Å². The predicted octanol–water partition coefficient (Wildman–Crippen LogP) is 6.46. The van der Waals surface area contributed by atoms with Crippen molar-refractivity contribution < 1.29 is 9.53 Å². The lowest BCUT2D eigenvalue weighted by Gasteiger charge is -2.09. The Kier molecular flexibility index (Phi) is 13.9. The van der Waals surface area contributed by atoms with Gasteiger partial charge in [-0.15, -0.1) is 0 Å². The molecule has 0 fully saturated rings. The molecule has 2 heteroatoms. The van der Waals surface area contributed by atoms with Gasteiger partial charge in [-0.3, -0.25) is 0 Å². The fraction of sp³-hybridized carbons (Fsp3) is 0.762. The number of carbonyl (C=O) groups excluding carboxylic acids is 1. The summed E-state index contributed by atoms with van der Waals surface area (Å²) in [7, 11) is 0. The summed E-state index contributed by atoms with van der Waals surface area (Å²) in [4.78, 5) is 11.7. The molecule has 0 aliphatic carbocycles.